The third kappa shape index (κ3) is 3.99. The van der Waals surface area contributed by atoms with E-state index in [1.165, 1.54) is 18.2 Å². The van der Waals surface area contributed by atoms with Crippen LogP contribution in [0, 0.1) is 30.4 Å². The predicted octanol–water partition coefficient (Wildman–Crippen LogP) is 4.58. The molecule has 1 fully saturated rings. The summed E-state index contributed by atoms with van der Waals surface area (Å²) in [6.07, 6.45) is 1.96. The van der Waals surface area contributed by atoms with Crippen molar-refractivity contribution in [2.45, 2.75) is 44.9 Å². The van der Waals surface area contributed by atoms with Crippen LogP contribution in [0.15, 0.2) is 28.7 Å². The van der Waals surface area contributed by atoms with E-state index in [4.69, 9.17) is 4.42 Å². The maximum atomic E-state index is 14.5. The van der Waals surface area contributed by atoms with Crippen LogP contribution in [0.25, 0.3) is 11.3 Å². The van der Waals surface area contributed by atoms with E-state index in [1.807, 2.05) is 20.2 Å². The normalized spacial score (nSPS) is 25.2. The Bertz CT molecular complexity index is 1210. The van der Waals surface area contributed by atoms with Gasteiger partial charge in [-0.15, -0.1) is 5.10 Å². The summed E-state index contributed by atoms with van der Waals surface area (Å²) in [7, 11) is 4.08. The van der Waals surface area contributed by atoms with E-state index in [2.05, 4.69) is 44.0 Å². The fourth-order valence-electron chi connectivity index (χ4n) is 6.08. The van der Waals surface area contributed by atoms with Crippen LogP contribution in [-0.4, -0.2) is 59.0 Å². The number of aromatic nitrogens is 4. The molecule has 0 amide bonds. The van der Waals surface area contributed by atoms with Crippen LogP contribution in [0.5, 0.6) is 0 Å². The predicted molar refractivity (Wildman–Crippen MR) is 129 cm³/mol. The third-order valence-electron chi connectivity index (χ3n) is 8.19. The SMILES string of the molecule is Cc1nnc(N(CCN(C)C)C[C@@]23CC[C@@H](c4cc(-c5c(F)cccc5F)nnc42)C(C)[C@H]3C)o1. The molecule has 2 bridgehead atoms. The van der Waals surface area contributed by atoms with E-state index in [0.717, 1.165) is 37.2 Å². The van der Waals surface area contributed by atoms with Gasteiger partial charge in [0.05, 0.1) is 17.0 Å². The van der Waals surface area contributed by atoms with Crippen molar-refractivity contribution in [3.63, 3.8) is 0 Å². The molecule has 2 heterocycles. The number of likely N-dealkylation sites (N-methyl/N-ethyl adjacent to an activating group) is 1. The minimum Gasteiger partial charge on any atom is -0.408 e. The zero-order chi connectivity index (χ0) is 24.9. The lowest BCUT2D eigenvalue weighted by atomic mass is 9.50. The van der Waals surface area contributed by atoms with Crippen molar-refractivity contribution in [3.05, 3.63) is 53.0 Å². The fraction of sp³-hybridized carbons (Fsp3) is 0.538. The number of halogens is 2. The van der Waals surface area contributed by atoms with Crippen molar-refractivity contribution in [1.82, 2.24) is 25.3 Å². The lowest BCUT2D eigenvalue weighted by Gasteiger charge is -2.55. The van der Waals surface area contributed by atoms with Gasteiger partial charge in [-0.25, -0.2) is 8.78 Å². The standard InChI is InChI=1S/C26H32F2N6O/c1-15-16(2)26(14-34(12-11-33(4)5)25-32-29-17(3)35-25)10-9-18(15)19-13-22(30-31-24(19)26)23-20(27)7-6-8-21(23)28/h6-8,13,15-16,18H,9-12,14H2,1-5H3/t15?,16-,18-,26-/m1/s1. The van der Waals surface area contributed by atoms with Gasteiger partial charge in [-0.3, -0.25) is 0 Å². The molecule has 0 spiro atoms. The lowest BCUT2D eigenvalue weighted by molar-refractivity contribution is 0.0883. The van der Waals surface area contributed by atoms with Crippen LogP contribution >= 0.6 is 0 Å². The second kappa shape index (κ2) is 8.93. The molecule has 0 aliphatic heterocycles. The van der Waals surface area contributed by atoms with Gasteiger partial charge >= 0.3 is 6.01 Å². The van der Waals surface area contributed by atoms with Gasteiger partial charge in [0.15, 0.2) is 0 Å². The second-order valence-electron chi connectivity index (χ2n) is 10.4. The first-order valence-corrected chi connectivity index (χ1v) is 12.2. The van der Waals surface area contributed by atoms with E-state index in [9.17, 15) is 8.78 Å². The molecule has 0 radical (unpaired) electrons. The van der Waals surface area contributed by atoms with Crippen molar-refractivity contribution in [3.8, 4) is 11.3 Å². The summed E-state index contributed by atoms with van der Waals surface area (Å²) in [6.45, 7) is 8.57. The van der Waals surface area contributed by atoms with Gasteiger partial charge < -0.3 is 14.2 Å². The molecule has 35 heavy (non-hydrogen) atoms. The van der Waals surface area contributed by atoms with Crippen LogP contribution in [0.3, 0.4) is 0 Å². The zero-order valence-electron chi connectivity index (χ0n) is 20.9. The van der Waals surface area contributed by atoms with E-state index in [0.29, 0.717) is 30.3 Å². The first-order valence-electron chi connectivity index (χ1n) is 12.2. The van der Waals surface area contributed by atoms with Gasteiger partial charge in [0, 0.05) is 32.0 Å². The number of fused-ring (bicyclic) bond motifs is 2. The number of rotatable bonds is 7. The molecule has 4 atom stereocenters. The molecule has 6 rings (SSSR count). The molecule has 7 nitrogen and oxygen atoms in total. The maximum Gasteiger partial charge on any atom is 0.318 e. The summed E-state index contributed by atoms with van der Waals surface area (Å²) in [4.78, 5) is 4.28. The third-order valence-corrected chi connectivity index (χ3v) is 8.19. The average Bonchev–Trinajstić information content (AvgIpc) is 3.26. The molecule has 9 heteroatoms. The molecule has 2 aromatic heterocycles. The molecular formula is C26H32F2N6O. The Hall–Kier alpha value is -2.94. The van der Waals surface area contributed by atoms with Crippen molar-refractivity contribution >= 4 is 6.01 Å². The highest BCUT2D eigenvalue weighted by Gasteiger charge is 2.55. The van der Waals surface area contributed by atoms with Crippen LogP contribution < -0.4 is 4.90 Å². The molecule has 1 saturated carbocycles. The summed E-state index contributed by atoms with van der Waals surface area (Å²) < 4.78 is 34.9. The number of aryl methyl sites for hydroxylation is 1. The van der Waals surface area contributed by atoms with E-state index >= 15 is 0 Å². The van der Waals surface area contributed by atoms with E-state index in [-0.39, 0.29) is 22.6 Å². The molecule has 3 aliphatic carbocycles. The molecule has 1 unspecified atom stereocenters. The Kier molecular flexibility index (Phi) is 6.07. The zero-order valence-corrected chi connectivity index (χ0v) is 20.9. The van der Waals surface area contributed by atoms with Crippen LogP contribution in [0.4, 0.5) is 14.8 Å². The van der Waals surface area contributed by atoms with Crippen molar-refractivity contribution in [2.75, 3.05) is 38.6 Å². The summed E-state index contributed by atoms with van der Waals surface area (Å²) in [5, 5.41) is 17.4. The first kappa shape index (κ1) is 23.8. The number of hydrogen-bond acceptors (Lipinski definition) is 7. The summed E-state index contributed by atoms with van der Waals surface area (Å²) >= 11 is 0. The molecular weight excluding hydrogens is 450 g/mol. The Morgan fingerprint density at radius 2 is 1.80 bits per heavy atom. The minimum atomic E-state index is -0.627. The number of hydrogen-bond donors (Lipinski definition) is 0. The Balaban J connectivity index is 1.59. The van der Waals surface area contributed by atoms with E-state index < -0.39 is 11.6 Å². The first-order chi connectivity index (χ1) is 16.7. The van der Waals surface area contributed by atoms with Crippen LogP contribution in [0.1, 0.15) is 49.8 Å². The highest BCUT2D eigenvalue weighted by Crippen LogP contribution is 2.58. The Morgan fingerprint density at radius 1 is 1.06 bits per heavy atom. The molecule has 1 aromatic carbocycles. The highest BCUT2D eigenvalue weighted by molar-refractivity contribution is 5.62. The number of anilines is 1. The van der Waals surface area contributed by atoms with E-state index in [1.54, 1.807) is 6.92 Å². The Labute approximate surface area is 204 Å². The number of nitrogens with zero attached hydrogens (tertiary/aromatic N) is 6. The minimum absolute atomic E-state index is 0.118. The van der Waals surface area contributed by atoms with Gasteiger partial charge in [0.25, 0.3) is 0 Å². The average molecular weight is 483 g/mol. The number of benzene rings is 1. The molecule has 3 aliphatic rings. The van der Waals surface area contributed by atoms with Crippen molar-refractivity contribution in [2.24, 2.45) is 11.8 Å². The smallest absolute Gasteiger partial charge is 0.318 e. The topological polar surface area (TPSA) is 71.2 Å². The quantitative estimate of drug-likeness (QED) is 0.488. The van der Waals surface area contributed by atoms with Crippen LogP contribution in [-0.2, 0) is 5.41 Å². The monoisotopic (exact) mass is 482 g/mol. The summed E-state index contributed by atoms with van der Waals surface area (Å²) in [5.74, 6) is 0.282. The molecule has 0 N–H and O–H groups in total. The highest BCUT2D eigenvalue weighted by atomic mass is 19.1. The molecule has 3 aromatic rings. The second-order valence-corrected chi connectivity index (χ2v) is 10.4. The fourth-order valence-corrected chi connectivity index (χ4v) is 6.08. The van der Waals surface area contributed by atoms with Gasteiger partial charge in [-0.1, -0.05) is 25.0 Å². The van der Waals surface area contributed by atoms with Gasteiger partial charge in [0.1, 0.15) is 11.6 Å². The van der Waals surface area contributed by atoms with Gasteiger partial charge in [-0.05, 0) is 68.5 Å². The van der Waals surface area contributed by atoms with Crippen molar-refractivity contribution in [1.29, 1.82) is 0 Å². The summed E-state index contributed by atoms with van der Waals surface area (Å²) in [5.41, 5.74) is 1.85. The molecule has 186 valence electrons. The Morgan fingerprint density at radius 3 is 2.46 bits per heavy atom. The van der Waals surface area contributed by atoms with Gasteiger partial charge in [0.2, 0.25) is 5.89 Å². The lowest BCUT2D eigenvalue weighted by Crippen LogP contribution is -2.56. The molecule has 0 saturated heterocycles. The van der Waals surface area contributed by atoms with Crippen LogP contribution in [0.2, 0.25) is 0 Å². The van der Waals surface area contributed by atoms with Crippen molar-refractivity contribution < 1.29 is 13.2 Å². The largest absolute Gasteiger partial charge is 0.408 e. The van der Waals surface area contributed by atoms with Gasteiger partial charge in [-0.2, -0.15) is 10.2 Å². The summed E-state index contributed by atoms with van der Waals surface area (Å²) in [6, 6.07) is 6.25. The maximum absolute atomic E-state index is 14.5.